The summed E-state index contributed by atoms with van der Waals surface area (Å²) >= 11 is 0. The molecule has 132 valence electrons. The van der Waals surface area contributed by atoms with E-state index in [1.54, 1.807) is 4.90 Å². The Morgan fingerprint density at radius 1 is 0.741 bits per heavy atom. The van der Waals surface area contributed by atoms with Crippen LogP contribution in [-0.2, 0) is 10.4 Å². The Bertz CT molecular complexity index is 987. The minimum absolute atomic E-state index is 0.000371. The van der Waals surface area contributed by atoms with E-state index in [1.165, 1.54) is 0 Å². The summed E-state index contributed by atoms with van der Waals surface area (Å²) in [6, 6.07) is 27.0. The van der Waals surface area contributed by atoms with E-state index in [4.69, 9.17) is 0 Å². The van der Waals surface area contributed by atoms with E-state index in [0.717, 1.165) is 22.4 Å². The smallest absolute Gasteiger partial charge is 0.236 e. The molecular formula is C24H19NO2. The van der Waals surface area contributed by atoms with E-state index in [2.05, 4.69) is 0 Å². The van der Waals surface area contributed by atoms with Gasteiger partial charge >= 0.3 is 0 Å². The highest BCUT2D eigenvalue weighted by atomic mass is 16.3. The summed E-state index contributed by atoms with van der Waals surface area (Å²) in [5.41, 5.74) is 1.69. The molecule has 3 nitrogen and oxygen atoms in total. The second kappa shape index (κ2) is 5.93. The second-order valence-corrected chi connectivity index (χ2v) is 7.07. The SMILES string of the molecule is O=C1C2C=CC2N1c1ccccc1C(O)(c1ccccc1)c1ccccc1. The van der Waals surface area contributed by atoms with Crippen LogP contribution in [0.5, 0.6) is 0 Å². The van der Waals surface area contributed by atoms with Crippen molar-refractivity contribution in [1.29, 1.82) is 0 Å². The average Bonchev–Trinajstić information content (AvgIpc) is 2.72. The van der Waals surface area contributed by atoms with Gasteiger partial charge in [0.05, 0.1) is 17.6 Å². The standard InChI is InChI=1S/C24H19NO2/c26-23-19-15-16-21(19)25(23)22-14-8-7-13-20(22)24(27,17-9-3-1-4-10-17)18-11-5-2-6-12-18/h1-16,19,21,27H. The molecule has 3 aromatic carbocycles. The lowest BCUT2D eigenvalue weighted by Gasteiger charge is -2.50. The van der Waals surface area contributed by atoms with Crippen LogP contribution in [0.1, 0.15) is 16.7 Å². The molecule has 0 aromatic heterocycles. The zero-order valence-electron chi connectivity index (χ0n) is 14.7. The van der Waals surface area contributed by atoms with Crippen molar-refractivity contribution in [2.45, 2.75) is 11.6 Å². The fourth-order valence-electron chi connectivity index (χ4n) is 4.13. The maximum atomic E-state index is 12.6. The predicted octanol–water partition coefficient (Wildman–Crippen LogP) is 3.87. The number of carbonyl (C=O) groups excluding carboxylic acids is 1. The molecule has 1 saturated heterocycles. The van der Waals surface area contributed by atoms with Crippen LogP contribution in [0.2, 0.25) is 0 Å². The summed E-state index contributed by atoms with van der Waals surface area (Å²) in [5, 5.41) is 12.1. The third-order valence-electron chi connectivity index (χ3n) is 5.64. The Labute approximate surface area is 158 Å². The van der Waals surface area contributed by atoms with Gasteiger partial charge in [-0.1, -0.05) is 91.0 Å². The van der Waals surface area contributed by atoms with Crippen molar-refractivity contribution < 1.29 is 9.90 Å². The molecule has 3 heteroatoms. The fourth-order valence-corrected chi connectivity index (χ4v) is 4.13. The number of amides is 1. The van der Waals surface area contributed by atoms with Crippen LogP contribution in [0, 0.1) is 5.92 Å². The summed E-state index contributed by atoms with van der Waals surface area (Å²) in [7, 11) is 0. The number of carbonyl (C=O) groups is 1. The number of para-hydroxylation sites is 1. The first-order valence-corrected chi connectivity index (χ1v) is 9.15. The van der Waals surface area contributed by atoms with Crippen LogP contribution in [-0.4, -0.2) is 17.1 Å². The van der Waals surface area contributed by atoms with Crippen molar-refractivity contribution >= 4 is 11.6 Å². The van der Waals surface area contributed by atoms with E-state index in [-0.39, 0.29) is 17.9 Å². The van der Waals surface area contributed by atoms with Crippen molar-refractivity contribution in [3.63, 3.8) is 0 Å². The van der Waals surface area contributed by atoms with Gasteiger partial charge in [0.1, 0.15) is 5.60 Å². The van der Waals surface area contributed by atoms with E-state index in [1.807, 2.05) is 97.1 Å². The minimum Gasteiger partial charge on any atom is -0.376 e. The molecule has 1 heterocycles. The molecule has 0 saturated carbocycles. The lowest BCUT2D eigenvalue weighted by atomic mass is 9.75. The van der Waals surface area contributed by atoms with Gasteiger partial charge in [-0.3, -0.25) is 4.79 Å². The number of β-lactam (4-membered cyclic amide) rings is 1. The molecule has 0 bridgehead atoms. The normalized spacial score (nSPS) is 20.6. The number of aliphatic hydroxyl groups is 1. The van der Waals surface area contributed by atoms with Crippen LogP contribution >= 0.6 is 0 Å². The molecule has 5 rings (SSSR count). The molecule has 0 radical (unpaired) electrons. The van der Waals surface area contributed by atoms with Crippen LogP contribution in [0.3, 0.4) is 0 Å². The average molecular weight is 353 g/mol. The summed E-state index contributed by atoms with van der Waals surface area (Å²) in [5.74, 6) is 0.0954. The molecule has 0 spiro atoms. The maximum Gasteiger partial charge on any atom is 0.236 e. The zero-order chi connectivity index (χ0) is 18.4. The highest BCUT2D eigenvalue weighted by molar-refractivity contribution is 6.07. The largest absolute Gasteiger partial charge is 0.376 e. The number of hydrogen-bond donors (Lipinski definition) is 1. The number of fused-ring (bicyclic) bond motifs is 1. The van der Waals surface area contributed by atoms with Crippen molar-refractivity contribution in [3.8, 4) is 0 Å². The Morgan fingerprint density at radius 2 is 1.30 bits per heavy atom. The van der Waals surface area contributed by atoms with Gasteiger partial charge in [-0.2, -0.15) is 0 Å². The summed E-state index contributed by atoms with van der Waals surface area (Å²) in [6.07, 6.45) is 4.00. The molecule has 1 amide bonds. The Kier molecular flexibility index (Phi) is 3.52. The molecule has 3 aromatic rings. The highest BCUT2D eigenvalue weighted by Gasteiger charge is 2.51. The van der Waals surface area contributed by atoms with Crippen LogP contribution < -0.4 is 4.90 Å². The number of benzene rings is 3. The summed E-state index contributed by atoms with van der Waals surface area (Å²) < 4.78 is 0. The van der Waals surface area contributed by atoms with Crippen LogP contribution in [0.15, 0.2) is 97.1 Å². The second-order valence-electron chi connectivity index (χ2n) is 7.07. The minimum atomic E-state index is -1.35. The molecule has 2 atom stereocenters. The third kappa shape index (κ3) is 2.22. The van der Waals surface area contributed by atoms with E-state index >= 15 is 0 Å². The number of anilines is 1. The number of hydrogen-bond acceptors (Lipinski definition) is 2. The van der Waals surface area contributed by atoms with Crippen molar-refractivity contribution in [2.24, 2.45) is 5.92 Å². The van der Waals surface area contributed by atoms with Gasteiger partial charge in [0.15, 0.2) is 0 Å². The quantitative estimate of drug-likeness (QED) is 0.439. The summed E-state index contributed by atoms with van der Waals surface area (Å²) in [4.78, 5) is 14.4. The maximum absolute atomic E-state index is 12.6. The van der Waals surface area contributed by atoms with E-state index < -0.39 is 5.60 Å². The van der Waals surface area contributed by atoms with Gasteiger partial charge in [-0.25, -0.2) is 0 Å². The lowest BCUT2D eigenvalue weighted by molar-refractivity contribution is -0.128. The van der Waals surface area contributed by atoms with Crippen molar-refractivity contribution in [2.75, 3.05) is 4.90 Å². The predicted molar refractivity (Wildman–Crippen MR) is 105 cm³/mol. The fraction of sp³-hybridized carbons (Fsp3) is 0.125. The zero-order valence-corrected chi connectivity index (χ0v) is 14.7. The topological polar surface area (TPSA) is 40.5 Å². The van der Waals surface area contributed by atoms with Gasteiger partial charge in [0, 0.05) is 5.56 Å². The molecule has 1 N–H and O–H groups in total. The number of nitrogens with zero attached hydrogens (tertiary/aromatic N) is 1. The Morgan fingerprint density at radius 3 is 1.81 bits per heavy atom. The van der Waals surface area contributed by atoms with E-state index in [9.17, 15) is 9.90 Å². The molecule has 27 heavy (non-hydrogen) atoms. The molecule has 2 unspecified atom stereocenters. The molecule has 1 fully saturated rings. The monoisotopic (exact) mass is 353 g/mol. The molecule has 2 aliphatic rings. The first kappa shape index (κ1) is 16.0. The van der Waals surface area contributed by atoms with Crippen LogP contribution in [0.4, 0.5) is 5.69 Å². The van der Waals surface area contributed by atoms with Crippen LogP contribution in [0.25, 0.3) is 0 Å². The summed E-state index contributed by atoms with van der Waals surface area (Å²) in [6.45, 7) is 0. The van der Waals surface area contributed by atoms with Crippen molar-refractivity contribution in [3.05, 3.63) is 114 Å². The third-order valence-corrected chi connectivity index (χ3v) is 5.64. The first-order chi connectivity index (χ1) is 13.2. The van der Waals surface area contributed by atoms with Gasteiger partial charge in [-0.15, -0.1) is 0 Å². The van der Waals surface area contributed by atoms with E-state index in [0.29, 0.717) is 0 Å². The van der Waals surface area contributed by atoms with Gasteiger partial charge in [0.25, 0.3) is 0 Å². The Balaban J connectivity index is 1.73. The molecule has 1 aliphatic carbocycles. The molecule has 1 aliphatic heterocycles. The van der Waals surface area contributed by atoms with Crippen molar-refractivity contribution in [1.82, 2.24) is 0 Å². The van der Waals surface area contributed by atoms with Gasteiger partial charge in [-0.05, 0) is 17.2 Å². The lowest BCUT2D eigenvalue weighted by Crippen LogP contribution is -2.64. The van der Waals surface area contributed by atoms with Gasteiger partial charge in [0.2, 0.25) is 5.91 Å². The molecular weight excluding hydrogens is 334 g/mol. The van der Waals surface area contributed by atoms with Gasteiger partial charge < -0.3 is 10.0 Å². The Hall–Kier alpha value is -3.17. The first-order valence-electron chi connectivity index (χ1n) is 9.15. The highest BCUT2D eigenvalue weighted by Crippen LogP contribution is 2.46. The number of rotatable bonds is 4.